The second-order valence-corrected chi connectivity index (χ2v) is 5.58. The van der Waals surface area contributed by atoms with Gasteiger partial charge in [0, 0.05) is 13.8 Å². The molecule has 1 amide bonds. The summed E-state index contributed by atoms with van der Waals surface area (Å²) in [6.07, 6.45) is -5.11. The fraction of sp³-hybridized carbons (Fsp3) is 0.769. The molecule has 9 heteroatoms. The van der Waals surface area contributed by atoms with Crippen molar-refractivity contribution in [3.63, 3.8) is 0 Å². The highest BCUT2D eigenvalue weighted by Crippen LogP contribution is 2.40. The Labute approximate surface area is 126 Å². The molecule has 2 heterocycles. The molecular weight excluding hydrogens is 298 g/mol. The molecule has 2 rings (SSSR count). The van der Waals surface area contributed by atoms with Crippen molar-refractivity contribution in [1.29, 1.82) is 0 Å². The van der Waals surface area contributed by atoms with E-state index in [0.717, 1.165) is 6.92 Å². The number of primary amides is 1. The number of esters is 2. The van der Waals surface area contributed by atoms with E-state index in [1.165, 1.54) is 6.92 Å². The third-order valence-electron chi connectivity index (χ3n) is 3.20. The van der Waals surface area contributed by atoms with E-state index in [0.29, 0.717) is 0 Å². The summed E-state index contributed by atoms with van der Waals surface area (Å²) in [5, 5.41) is 0. The van der Waals surface area contributed by atoms with E-state index in [1.54, 1.807) is 13.8 Å². The average Bonchev–Trinajstić information content (AvgIpc) is 2.79. The number of carbonyl (C=O) groups is 3. The van der Waals surface area contributed by atoms with Crippen LogP contribution < -0.4 is 5.73 Å². The number of rotatable bonds is 4. The lowest BCUT2D eigenvalue weighted by molar-refractivity contribution is -0.230. The Morgan fingerprint density at radius 2 is 1.77 bits per heavy atom. The molecule has 2 fully saturated rings. The first kappa shape index (κ1) is 16.7. The van der Waals surface area contributed by atoms with Crippen LogP contribution in [0.3, 0.4) is 0 Å². The van der Waals surface area contributed by atoms with Crippen LogP contribution in [-0.4, -0.2) is 54.3 Å². The van der Waals surface area contributed by atoms with Gasteiger partial charge in [-0.1, -0.05) is 0 Å². The zero-order chi connectivity index (χ0) is 16.7. The van der Waals surface area contributed by atoms with Crippen LogP contribution in [0.1, 0.15) is 27.7 Å². The zero-order valence-electron chi connectivity index (χ0n) is 12.7. The van der Waals surface area contributed by atoms with Gasteiger partial charge in [0.2, 0.25) is 6.10 Å². The van der Waals surface area contributed by atoms with Crippen molar-refractivity contribution in [2.24, 2.45) is 5.73 Å². The largest absolute Gasteiger partial charge is 0.457 e. The van der Waals surface area contributed by atoms with Crippen molar-refractivity contribution in [2.45, 2.75) is 64.2 Å². The maximum absolute atomic E-state index is 11.5. The predicted octanol–water partition coefficient (Wildman–Crippen LogP) is -0.788. The molecule has 0 saturated carbocycles. The van der Waals surface area contributed by atoms with Crippen LogP contribution in [0.4, 0.5) is 0 Å². The summed E-state index contributed by atoms with van der Waals surface area (Å²) in [6.45, 7) is 5.68. The third-order valence-corrected chi connectivity index (χ3v) is 3.20. The Balaban J connectivity index is 2.24. The van der Waals surface area contributed by atoms with Crippen LogP contribution in [0, 0.1) is 0 Å². The second-order valence-electron chi connectivity index (χ2n) is 5.58. The maximum atomic E-state index is 11.5. The monoisotopic (exact) mass is 317 g/mol. The molecule has 0 radical (unpaired) electrons. The highest BCUT2D eigenvalue weighted by molar-refractivity contribution is 5.82. The molecule has 0 aromatic carbocycles. The quantitative estimate of drug-likeness (QED) is 0.669. The summed E-state index contributed by atoms with van der Waals surface area (Å²) in [5.74, 6) is -3.16. The van der Waals surface area contributed by atoms with Crippen LogP contribution in [0.2, 0.25) is 0 Å². The van der Waals surface area contributed by atoms with Gasteiger partial charge in [-0.15, -0.1) is 0 Å². The fourth-order valence-electron chi connectivity index (χ4n) is 2.54. The van der Waals surface area contributed by atoms with Crippen molar-refractivity contribution in [3.05, 3.63) is 0 Å². The van der Waals surface area contributed by atoms with E-state index in [1.807, 2.05) is 0 Å². The Kier molecular flexibility index (Phi) is 4.41. The minimum atomic E-state index is -1.41. The first-order chi connectivity index (χ1) is 10.1. The van der Waals surface area contributed by atoms with Crippen molar-refractivity contribution < 1.29 is 38.1 Å². The number of amides is 1. The molecule has 2 saturated heterocycles. The molecule has 124 valence electrons. The van der Waals surface area contributed by atoms with Crippen molar-refractivity contribution in [2.75, 3.05) is 0 Å². The van der Waals surface area contributed by atoms with E-state index < -0.39 is 54.3 Å². The third kappa shape index (κ3) is 3.37. The second kappa shape index (κ2) is 5.82. The molecule has 0 aliphatic carbocycles. The summed E-state index contributed by atoms with van der Waals surface area (Å²) in [4.78, 5) is 34.0. The van der Waals surface area contributed by atoms with Crippen molar-refractivity contribution in [1.82, 2.24) is 0 Å². The molecule has 22 heavy (non-hydrogen) atoms. The van der Waals surface area contributed by atoms with Gasteiger partial charge in [-0.25, -0.2) is 0 Å². The highest BCUT2D eigenvalue weighted by atomic mass is 16.8. The number of nitrogens with two attached hydrogens (primary N) is 1. The Hall–Kier alpha value is -1.71. The zero-order valence-corrected chi connectivity index (χ0v) is 12.7. The van der Waals surface area contributed by atoms with Crippen LogP contribution in [0.5, 0.6) is 0 Å². The molecule has 9 nitrogen and oxygen atoms in total. The SMILES string of the molecule is CC(=O)OC(C(N)=O)[C@@H]1O[C@H]2OC(C)(C)O[C@H]2[C@@H]1OC(C)=O. The Bertz CT molecular complexity index is 490. The number of fused-ring (bicyclic) bond motifs is 1. The van der Waals surface area contributed by atoms with Gasteiger partial charge in [-0.3, -0.25) is 14.4 Å². The minimum Gasteiger partial charge on any atom is -0.457 e. The van der Waals surface area contributed by atoms with Gasteiger partial charge < -0.3 is 29.4 Å². The van der Waals surface area contributed by atoms with Gasteiger partial charge in [0.05, 0.1) is 0 Å². The lowest BCUT2D eigenvalue weighted by atomic mass is 10.0. The molecule has 0 aromatic heterocycles. The van der Waals surface area contributed by atoms with E-state index >= 15 is 0 Å². The van der Waals surface area contributed by atoms with Crippen LogP contribution in [-0.2, 0) is 38.1 Å². The maximum Gasteiger partial charge on any atom is 0.303 e. The molecule has 0 bridgehead atoms. The Morgan fingerprint density at radius 3 is 2.27 bits per heavy atom. The molecule has 0 spiro atoms. The summed E-state index contributed by atoms with van der Waals surface area (Å²) in [7, 11) is 0. The summed E-state index contributed by atoms with van der Waals surface area (Å²) in [6, 6.07) is 0. The highest BCUT2D eigenvalue weighted by Gasteiger charge is 2.59. The molecule has 5 atom stereocenters. The molecule has 2 aliphatic rings. The molecule has 2 aliphatic heterocycles. The number of carbonyl (C=O) groups excluding carboxylic acids is 3. The van der Waals surface area contributed by atoms with E-state index in [2.05, 4.69) is 0 Å². The van der Waals surface area contributed by atoms with Gasteiger partial charge in [0.1, 0.15) is 6.10 Å². The topological polar surface area (TPSA) is 123 Å². The first-order valence-electron chi connectivity index (χ1n) is 6.75. The summed E-state index contributed by atoms with van der Waals surface area (Å²) < 4.78 is 26.8. The van der Waals surface area contributed by atoms with Crippen LogP contribution >= 0.6 is 0 Å². The molecular formula is C13H19NO8. The smallest absolute Gasteiger partial charge is 0.303 e. The van der Waals surface area contributed by atoms with E-state index in [-0.39, 0.29) is 0 Å². The average molecular weight is 317 g/mol. The molecule has 2 N–H and O–H groups in total. The van der Waals surface area contributed by atoms with Crippen LogP contribution in [0.15, 0.2) is 0 Å². The van der Waals surface area contributed by atoms with Gasteiger partial charge in [0.25, 0.3) is 5.91 Å². The number of hydrogen-bond donors (Lipinski definition) is 1. The van der Waals surface area contributed by atoms with Gasteiger partial charge >= 0.3 is 11.9 Å². The predicted molar refractivity (Wildman–Crippen MR) is 69.0 cm³/mol. The van der Waals surface area contributed by atoms with Crippen LogP contribution in [0.25, 0.3) is 0 Å². The lowest BCUT2D eigenvalue weighted by Gasteiger charge is -2.28. The van der Waals surface area contributed by atoms with Gasteiger partial charge in [-0.05, 0) is 13.8 Å². The van der Waals surface area contributed by atoms with Crippen molar-refractivity contribution >= 4 is 17.8 Å². The van der Waals surface area contributed by atoms with Crippen molar-refractivity contribution in [3.8, 4) is 0 Å². The molecule has 1 unspecified atom stereocenters. The molecule has 0 aromatic rings. The first-order valence-corrected chi connectivity index (χ1v) is 6.75. The number of hydrogen-bond acceptors (Lipinski definition) is 8. The number of ether oxygens (including phenoxy) is 5. The van der Waals surface area contributed by atoms with E-state index in [4.69, 9.17) is 29.4 Å². The lowest BCUT2D eigenvalue weighted by Crippen LogP contribution is -2.50. The minimum absolute atomic E-state index is 0.599. The Morgan fingerprint density at radius 1 is 1.14 bits per heavy atom. The van der Waals surface area contributed by atoms with Gasteiger partial charge in [-0.2, -0.15) is 0 Å². The standard InChI is InChI=1S/C13H19NO8/c1-5(15)18-8-7(9(11(14)17)19-6(2)16)20-12-10(8)21-13(3,4)22-12/h7-10,12H,1-4H3,(H2,14,17)/t7-,8-,9?,10+,12+/m1/s1. The fourth-order valence-corrected chi connectivity index (χ4v) is 2.54. The normalized spacial score (nSPS) is 33.8. The summed E-state index contributed by atoms with van der Waals surface area (Å²) in [5.41, 5.74) is 5.24. The van der Waals surface area contributed by atoms with E-state index in [9.17, 15) is 14.4 Å². The summed E-state index contributed by atoms with van der Waals surface area (Å²) >= 11 is 0. The van der Waals surface area contributed by atoms with Gasteiger partial charge in [0.15, 0.2) is 24.3 Å².